The number of rotatable bonds is 6. The van der Waals surface area contributed by atoms with Crippen LogP contribution in [0, 0.1) is 0 Å². The van der Waals surface area contributed by atoms with E-state index in [1.807, 2.05) is 0 Å². The van der Waals surface area contributed by atoms with Gasteiger partial charge in [-0.1, -0.05) is 112 Å². The number of benzene rings is 3. The first kappa shape index (κ1) is 17.0. The van der Waals surface area contributed by atoms with Crippen molar-refractivity contribution in [2.75, 3.05) is 0 Å². The number of hydrogen-bond donors (Lipinski definition) is 0. The zero-order valence-corrected chi connectivity index (χ0v) is 16.1. The first-order chi connectivity index (χ1) is 11.7. The van der Waals surface area contributed by atoms with Crippen LogP contribution in [0.5, 0.6) is 0 Å². The zero-order valence-electron chi connectivity index (χ0n) is 15.1. The Morgan fingerprint density at radius 1 is 0.625 bits per heavy atom. The van der Waals surface area contributed by atoms with Gasteiger partial charge in [0, 0.05) is 5.54 Å². The fraction of sp³-hybridized carbons (Fsp3) is 0.304. The molecule has 3 aromatic rings. The maximum atomic E-state index is 2.44. The molecule has 0 heterocycles. The molecule has 0 aromatic heterocycles. The first-order valence-corrected chi connectivity index (χ1v) is 12.0. The molecule has 124 valence electrons. The van der Waals surface area contributed by atoms with Crippen molar-refractivity contribution in [2.45, 2.75) is 44.4 Å². The number of fused-ring (bicyclic) bond motifs is 1. The molecule has 1 heteroatoms. The average molecular weight is 333 g/mol. The Kier molecular flexibility index (Phi) is 5.20. The Morgan fingerprint density at radius 3 is 1.83 bits per heavy atom. The van der Waals surface area contributed by atoms with E-state index < -0.39 is 8.07 Å². The molecule has 0 fully saturated rings. The molecule has 0 saturated heterocycles. The lowest BCUT2D eigenvalue weighted by Gasteiger charge is -2.38. The quantitative estimate of drug-likeness (QED) is 0.425. The normalized spacial score (nSPS) is 13.1. The predicted octanol–water partition coefficient (Wildman–Crippen LogP) is 7.02. The highest BCUT2D eigenvalue weighted by molar-refractivity contribution is 6.81. The lowest BCUT2D eigenvalue weighted by atomic mass is 10.0. The molecule has 24 heavy (non-hydrogen) atoms. The van der Waals surface area contributed by atoms with Crippen molar-refractivity contribution in [3.05, 3.63) is 83.9 Å². The zero-order chi connectivity index (χ0) is 17.0. The minimum absolute atomic E-state index is 0.586. The fourth-order valence-corrected chi connectivity index (χ4v) is 8.81. The molecule has 0 saturated carbocycles. The standard InChI is InChI=1S/C23H28Si/c1-4-24(5-2,6-3)23(20-13-8-7-9-14-20)22-17-16-19-12-10-11-15-21(19)18-22/h7-18,23H,4-6H2,1-3H3/t23-/m0/s1. The lowest BCUT2D eigenvalue weighted by molar-refractivity contribution is 0.987. The van der Waals surface area contributed by atoms with Crippen molar-refractivity contribution in [3.63, 3.8) is 0 Å². The van der Waals surface area contributed by atoms with Gasteiger partial charge in [-0.2, -0.15) is 0 Å². The van der Waals surface area contributed by atoms with Gasteiger partial charge in [0.15, 0.2) is 0 Å². The summed E-state index contributed by atoms with van der Waals surface area (Å²) in [4.78, 5) is 0. The molecule has 0 bridgehead atoms. The highest BCUT2D eigenvalue weighted by Crippen LogP contribution is 2.41. The molecule has 0 aliphatic heterocycles. The van der Waals surface area contributed by atoms with Gasteiger partial charge in [-0.15, -0.1) is 0 Å². The van der Waals surface area contributed by atoms with Crippen LogP contribution in [-0.4, -0.2) is 8.07 Å². The second-order valence-electron chi connectivity index (χ2n) is 6.87. The summed E-state index contributed by atoms with van der Waals surface area (Å²) in [6.07, 6.45) is 0. The van der Waals surface area contributed by atoms with E-state index in [9.17, 15) is 0 Å². The Labute approximate surface area is 147 Å². The van der Waals surface area contributed by atoms with Crippen LogP contribution in [0.2, 0.25) is 18.1 Å². The van der Waals surface area contributed by atoms with Gasteiger partial charge < -0.3 is 0 Å². The van der Waals surface area contributed by atoms with E-state index in [1.165, 1.54) is 40.0 Å². The molecule has 3 rings (SSSR count). The summed E-state index contributed by atoms with van der Waals surface area (Å²) in [6.45, 7) is 7.24. The second-order valence-corrected chi connectivity index (χ2v) is 12.3. The molecule has 0 radical (unpaired) electrons. The third-order valence-corrected chi connectivity index (χ3v) is 12.1. The predicted molar refractivity (Wildman–Crippen MR) is 109 cm³/mol. The summed E-state index contributed by atoms with van der Waals surface area (Å²) in [6, 6.07) is 31.1. The summed E-state index contributed by atoms with van der Waals surface area (Å²) >= 11 is 0. The summed E-state index contributed by atoms with van der Waals surface area (Å²) in [7, 11) is -1.42. The monoisotopic (exact) mass is 332 g/mol. The van der Waals surface area contributed by atoms with Crippen LogP contribution in [0.1, 0.15) is 37.4 Å². The average Bonchev–Trinajstić information content (AvgIpc) is 2.66. The van der Waals surface area contributed by atoms with Crippen molar-refractivity contribution >= 4 is 18.8 Å². The van der Waals surface area contributed by atoms with Gasteiger partial charge in [0.05, 0.1) is 8.07 Å². The lowest BCUT2D eigenvalue weighted by Crippen LogP contribution is -2.40. The van der Waals surface area contributed by atoms with Crippen molar-refractivity contribution < 1.29 is 0 Å². The smallest absolute Gasteiger partial charge is 0.0656 e. The fourth-order valence-electron chi connectivity index (χ4n) is 4.29. The van der Waals surface area contributed by atoms with E-state index in [0.29, 0.717) is 5.54 Å². The van der Waals surface area contributed by atoms with Gasteiger partial charge in [-0.3, -0.25) is 0 Å². The van der Waals surface area contributed by atoms with Crippen molar-refractivity contribution in [2.24, 2.45) is 0 Å². The maximum absolute atomic E-state index is 2.44. The Morgan fingerprint density at radius 2 is 1.21 bits per heavy atom. The molecule has 0 amide bonds. The topological polar surface area (TPSA) is 0 Å². The molecule has 0 aliphatic rings. The SMILES string of the molecule is CC[Si](CC)(CC)[C@@H](c1ccccc1)c1ccc2ccccc2c1. The van der Waals surface area contributed by atoms with E-state index in [0.717, 1.165) is 0 Å². The second kappa shape index (κ2) is 7.35. The molecule has 0 unspecified atom stereocenters. The van der Waals surface area contributed by atoms with E-state index in [4.69, 9.17) is 0 Å². The van der Waals surface area contributed by atoms with Gasteiger partial charge in [0.25, 0.3) is 0 Å². The van der Waals surface area contributed by atoms with Crippen LogP contribution in [0.25, 0.3) is 10.8 Å². The largest absolute Gasteiger partial charge is 0.0677 e. The molecule has 0 aliphatic carbocycles. The van der Waals surface area contributed by atoms with Gasteiger partial charge in [0.2, 0.25) is 0 Å². The molecule has 3 aromatic carbocycles. The minimum Gasteiger partial charge on any atom is -0.0677 e. The molecule has 0 nitrogen and oxygen atoms in total. The minimum atomic E-state index is -1.42. The van der Waals surface area contributed by atoms with Crippen LogP contribution in [-0.2, 0) is 0 Å². The van der Waals surface area contributed by atoms with Gasteiger partial charge in [0.1, 0.15) is 0 Å². The van der Waals surface area contributed by atoms with E-state index in [2.05, 4.69) is 93.6 Å². The van der Waals surface area contributed by atoms with Crippen molar-refractivity contribution in [3.8, 4) is 0 Å². The summed E-state index contributed by atoms with van der Waals surface area (Å²) < 4.78 is 0. The molecule has 1 atom stereocenters. The van der Waals surface area contributed by atoms with Crippen LogP contribution in [0.3, 0.4) is 0 Å². The van der Waals surface area contributed by atoms with E-state index in [-0.39, 0.29) is 0 Å². The number of hydrogen-bond acceptors (Lipinski definition) is 0. The molecular weight excluding hydrogens is 304 g/mol. The Bertz CT molecular complexity index is 779. The molecule has 0 N–H and O–H groups in total. The Hall–Kier alpha value is -1.86. The van der Waals surface area contributed by atoms with E-state index in [1.54, 1.807) is 0 Å². The van der Waals surface area contributed by atoms with E-state index >= 15 is 0 Å². The highest BCUT2D eigenvalue weighted by Gasteiger charge is 2.38. The summed E-state index contributed by atoms with van der Waals surface area (Å²) in [5.74, 6) is 0. The maximum Gasteiger partial charge on any atom is 0.0656 e. The van der Waals surface area contributed by atoms with Crippen LogP contribution in [0.4, 0.5) is 0 Å². The van der Waals surface area contributed by atoms with Gasteiger partial charge >= 0.3 is 0 Å². The first-order valence-electron chi connectivity index (χ1n) is 9.27. The van der Waals surface area contributed by atoms with Crippen LogP contribution in [0.15, 0.2) is 72.8 Å². The van der Waals surface area contributed by atoms with Crippen LogP contribution >= 0.6 is 0 Å². The van der Waals surface area contributed by atoms with Crippen LogP contribution < -0.4 is 0 Å². The molecule has 0 spiro atoms. The van der Waals surface area contributed by atoms with Crippen molar-refractivity contribution in [1.29, 1.82) is 0 Å². The third-order valence-electron chi connectivity index (χ3n) is 5.96. The summed E-state index contributed by atoms with van der Waals surface area (Å²) in [5, 5.41) is 2.70. The van der Waals surface area contributed by atoms with Crippen molar-refractivity contribution in [1.82, 2.24) is 0 Å². The summed E-state index contributed by atoms with van der Waals surface area (Å²) in [5.41, 5.74) is 3.60. The third kappa shape index (κ3) is 3.05. The van der Waals surface area contributed by atoms with Gasteiger partial charge in [-0.25, -0.2) is 0 Å². The Balaban J connectivity index is 2.19. The van der Waals surface area contributed by atoms with Gasteiger partial charge in [-0.05, 0) is 21.9 Å². The molecular formula is C23H28Si. The highest BCUT2D eigenvalue weighted by atomic mass is 28.3.